The van der Waals surface area contributed by atoms with Gasteiger partial charge in [-0.1, -0.05) is 97.0 Å². The number of hydrogen-bond acceptors (Lipinski definition) is 6. The lowest BCUT2D eigenvalue weighted by Gasteiger charge is -2.45. The van der Waals surface area contributed by atoms with Gasteiger partial charge in [0.15, 0.2) is 16.6 Å². The zero-order chi connectivity index (χ0) is 41.7. The van der Waals surface area contributed by atoms with E-state index in [1.54, 1.807) is 7.11 Å². The Balaban J connectivity index is 1.65. The normalized spacial score (nSPS) is 27.5. The first-order valence-corrected chi connectivity index (χ1v) is 27.0. The molecule has 3 saturated carbocycles. The quantitative estimate of drug-likeness (QED) is 0.0873. The maximum Gasteiger partial charge on any atom is 0.412 e. The molecular weight excluding hydrogens is 731 g/mol. The molecule has 3 aliphatic carbocycles. The minimum atomic E-state index is -2.07. The number of anilines is 1. The predicted octanol–water partition coefficient (Wildman–Crippen LogP) is 13.3. The SMILES string of the molecule is C=C1/C(=C\C=C2/CCCC3(C)/C(=C/CCCC(C)(C)OCOC)C(OC(=O)Nc4ccccc4)CC23)CC(O[Si](C)(C)C(C)(C)C)CC1O[Si](C)(C)C(C)(C)C. The highest BCUT2D eigenvalue weighted by molar-refractivity contribution is 6.74. The molecule has 5 unspecified atom stereocenters. The largest absolute Gasteiger partial charge is 0.441 e. The van der Waals surface area contributed by atoms with Crippen molar-refractivity contribution in [3.05, 3.63) is 77.4 Å². The minimum Gasteiger partial charge on any atom is -0.441 e. The van der Waals surface area contributed by atoms with Crippen molar-refractivity contribution in [2.75, 3.05) is 19.2 Å². The number of rotatable bonds is 14. The van der Waals surface area contributed by atoms with Crippen molar-refractivity contribution in [3.8, 4) is 0 Å². The number of carbonyl (C=O) groups is 1. The van der Waals surface area contributed by atoms with Gasteiger partial charge in [-0.05, 0) is 142 Å². The van der Waals surface area contributed by atoms with E-state index in [0.717, 1.165) is 69.0 Å². The lowest BCUT2D eigenvalue weighted by molar-refractivity contribution is -0.117. The van der Waals surface area contributed by atoms with Crippen molar-refractivity contribution in [2.45, 2.75) is 180 Å². The number of ether oxygens (including phenoxy) is 3. The Labute approximate surface area is 343 Å². The summed E-state index contributed by atoms with van der Waals surface area (Å²) < 4.78 is 31.7. The number of benzene rings is 1. The Hall–Kier alpha value is -2.28. The number of hydrogen-bond donors (Lipinski definition) is 1. The molecule has 1 aromatic rings. The molecule has 0 heterocycles. The summed E-state index contributed by atoms with van der Waals surface area (Å²) in [6.07, 6.45) is 14.9. The minimum absolute atomic E-state index is 0.0625. The zero-order valence-electron chi connectivity index (χ0n) is 37.7. The first kappa shape index (κ1) is 46.4. The number of carbonyl (C=O) groups excluding carboxylic acids is 1. The fourth-order valence-corrected chi connectivity index (χ4v) is 10.9. The Morgan fingerprint density at radius 3 is 2.20 bits per heavy atom. The number of allylic oxidation sites excluding steroid dienone is 4. The van der Waals surface area contributed by atoms with E-state index < -0.39 is 22.7 Å². The molecule has 0 bridgehead atoms. The summed E-state index contributed by atoms with van der Waals surface area (Å²) in [6.45, 7) is 34.9. The Kier molecular flexibility index (Phi) is 15.2. The summed E-state index contributed by atoms with van der Waals surface area (Å²) in [4.78, 5) is 13.4. The second-order valence-corrected chi connectivity index (χ2v) is 30.1. The number of unbranched alkanes of at least 4 members (excludes halogenated alkanes) is 1. The second kappa shape index (κ2) is 18.3. The molecule has 1 aromatic carbocycles. The highest BCUT2D eigenvalue weighted by Gasteiger charge is 2.52. The van der Waals surface area contributed by atoms with E-state index in [4.69, 9.17) is 29.6 Å². The first-order valence-electron chi connectivity index (χ1n) is 21.2. The Morgan fingerprint density at radius 2 is 1.57 bits per heavy atom. The van der Waals surface area contributed by atoms with Gasteiger partial charge in [-0.2, -0.15) is 0 Å². The maximum atomic E-state index is 13.4. The maximum absolute atomic E-state index is 13.4. The number of amides is 1. The third-order valence-corrected chi connectivity index (χ3v) is 22.8. The second-order valence-electron chi connectivity index (χ2n) is 20.6. The van der Waals surface area contributed by atoms with Gasteiger partial charge in [0.25, 0.3) is 0 Å². The summed E-state index contributed by atoms with van der Waals surface area (Å²) in [5.41, 5.74) is 5.38. The molecule has 3 aliphatic rings. The molecule has 5 atom stereocenters. The average Bonchev–Trinajstić information content (AvgIpc) is 3.36. The Bertz CT molecular complexity index is 1600. The van der Waals surface area contributed by atoms with E-state index in [0.29, 0.717) is 0 Å². The molecular formula is C47H77NO6Si2. The van der Waals surface area contributed by atoms with Crippen molar-refractivity contribution >= 4 is 28.4 Å². The molecule has 1 N–H and O–H groups in total. The van der Waals surface area contributed by atoms with Gasteiger partial charge >= 0.3 is 6.09 Å². The van der Waals surface area contributed by atoms with Crippen LogP contribution in [0.3, 0.4) is 0 Å². The van der Waals surface area contributed by atoms with Crippen LogP contribution in [0.4, 0.5) is 10.5 Å². The monoisotopic (exact) mass is 808 g/mol. The summed E-state index contributed by atoms with van der Waals surface area (Å²) >= 11 is 0. The highest BCUT2D eigenvalue weighted by Crippen LogP contribution is 2.58. The van der Waals surface area contributed by atoms with Crippen LogP contribution in [-0.2, 0) is 23.1 Å². The van der Waals surface area contributed by atoms with Crippen LogP contribution in [0, 0.1) is 11.3 Å². The molecule has 0 spiro atoms. The average molecular weight is 808 g/mol. The molecule has 0 aliphatic heterocycles. The molecule has 9 heteroatoms. The van der Waals surface area contributed by atoms with Crippen molar-refractivity contribution < 1.29 is 27.9 Å². The van der Waals surface area contributed by atoms with Gasteiger partial charge in [0.1, 0.15) is 12.9 Å². The summed E-state index contributed by atoms with van der Waals surface area (Å²) in [7, 11) is -2.43. The fraction of sp³-hybridized carbons (Fsp3) is 0.681. The molecule has 4 rings (SSSR count). The molecule has 3 fully saturated rings. The van der Waals surface area contributed by atoms with Gasteiger partial charge < -0.3 is 23.1 Å². The smallest absolute Gasteiger partial charge is 0.412 e. The van der Waals surface area contributed by atoms with E-state index in [1.165, 1.54) is 16.7 Å². The summed E-state index contributed by atoms with van der Waals surface area (Å²) in [5, 5.41) is 3.18. The fourth-order valence-electron chi connectivity index (χ4n) is 8.20. The van der Waals surface area contributed by atoms with E-state index in [1.807, 2.05) is 30.3 Å². The van der Waals surface area contributed by atoms with E-state index >= 15 is 0 Å². The van der Waals surface area contributed by atoms with Gasteiger partial charge in [-0.15, -0.1) is 0 Å². The number of nitrogens with one attached hydrogen (secondary N) is 1. The molecule has 0 saturated heterocycles. The topological polar surface area (TPSA) is 75.3 Å². The van der Waals surface area contributed by atoms with Crippen molar-refractivity contribution in [1.82, 2.24) is 0 Å². The predicted molar refractivity (Wildman–Crippen MR) is 238 cm³/mol. The molecule has 314 valence electrons. The van der Waals surface area contributed by atoms with Crippen LogP contribution >= 0.6 is 0 Å². The van der Waals surface area contributed by atoms with Crippen LogP contribution < -0.4 is 5.32 Å². The lowest BCUT2D eigenvalue weighted by Crippen LogP contribution is -2.49. The molecule has 1 amide bonds. The van der Waals surface area contributed by atoms with Crippen LogP contribution in [0.5, 0.6) is 0 Å². The van der Waals surface area contributed by atoms with Crippen LogP contribution in [-0.4, -0.2) is 60.5 Å². The van der Waals surface area contributed by atoms with Gasteiger partial charge in [-0.3, -0.25) is 5.32 Å². The van der Waals surface area contributed by atoms with Gasteiger partial charge in [-0.25, -0.2) is 4.79 Å². The van der Waals surface area contributed by atoms with Crippen LogP contribution in [0.2, 0.25) is 36.3 Å². The van der Waals surface area contributed by atoms with Crippen molar-refractivity contribution in [3.63, 3.8) is 0 Å². The van der Waals surface area contributed by atoms with Crippen LogP contribution in [0.25, 0.3) is 0 Å². The Morgan fingerprint density at radius 1 is 0.929 bits per heavy atom. The molecule has 0 radical (unpaired) electrons. The standard InChI is InChI=1S/C47H77NO6Si2/c1-34-36(30-38(53-55(12,13)44(2,3)4)31-41(34)54-56(14,15)45(5,6)7)27-26-35-22-21-29-47(10)39(25-19-20-28-46(8,9)51-33-50-11)42(32-40(35)47)52-43(49)48-37-23-17-16-18-24-37/h16-18,23-27,38,40-42H,1,19-22,28-33H2,2-15H3,(H,48,49)/b35-26+,36-27-,39-25+. The van der Waals surface area contributed by atoms with Crippen molar-refractivity contribution in [2.24, 2.45) is 11.3 Å². The number of para-hydroxylation sites is 1. The van der Waals surface area contributed by atoms with E-state index in [2.05, 4.69) is 112 Å². The molecule has 7 nitrogen and oxygen atoms in total. The van der Waals surface area contributed by atoms with Gasteiger partial charge in [0, 0.05) is 19.2 Å². The third kappa shape index (κ3) is 11.7. The first-order chi connectivity index (χ1) is 25.9. The van der Waals surface area contributed by atoms with Gasteiger partial charge in [0.05, 0.1) is 17.8 Å². The third-order valence-electron chi connectivity index (χ3n) is 13.8. The van der Waals surface area contributed by atoms with Crippen LogP contribution in [0.1, 0.15) is 120 Å². The zero-order valence-corrected chi connectivity index (χ0v) is 39.7. The molecule has 56 heavy (non-hydrogen) atoms. The van der Waals surface area contributed by atoms with E-state index in [-0.39, 0.29) is 52.1 Å². The lowest BCUT2D eigenvalue weighted by atomic mass is 9.65. The van der Waals surface area contributed by atoms with Crippen molar-refractivity contribution in [1.29, 1.82) is 0 Å². The number of fused-ring (bicyclic) bond motifs is 1. The molecule has 0 aromatic heterocycles. The summed E-state index contributed by atoms with van der Waals surface area (Å²) in [5.74, 6) is 0.269. The number of methoxy groups -OCH3 is 1. The summed E-state index contributed by atoms with van der Waals surface area (Å²) in [6, 6.07) is 9.55. The van der Waals surface area contributed by atoms with Gasteiger partial charge in [0.2, 0.25) is 0 Å². The highest BCUT2D eigenvalue weighted by atomic mass is 28.4. The van der Waals surface area contributed by atoms with Crippen LogP contribution in [0.15, 0.2) is 77.4 Å². The van der Waals surface area contributed by atoms with E-state index in [9.17, 15) is 4.79 Å².